The Labute approximate surface area is 81.0 Å². The van der Waals surface area contributed by atoms with Crippen molar-refractivity contribution in [3.8, 4) is 0 Å². The van der Waals surface area contributed by atoms with Gasteiger partial charge in [-0.1, -0.05) is 25.8 Å². The van der Waals surface area contributed by atoms with E-state index in [1.54, 1.807) is 6.08 Å². The molecule has 0 aliphatic heterocycles. The van der Waals surface area contributed by atoms with Gasteiger partial charge in [-0.15, -0.1) is 6.58 Å². The lowest BCUT2D eigenvalue weighted by Gasteiger charge is -2.14. The van der Waals surface area contributed by atoms with E-state index in [-0.39, 0.29) is 12.1 Å². The average Bonchev–Trinajstić information content (AvgIpc) is 2.04. The summed E-state index contributed by atoms with van der Waals surface area (Å²) in [6.07, 6.45) is 7.10. The van der Waals surface area contributed by atoms with Crippen LogP contribution in [0.25, 0.3) is 0 Å². The molecule has 13 heavy (non-hydrogen) atoms. The van der Waals surface area contributed by atoms with E-state index in [2.05, 4.69) is 13.5 Å². The minimum atomic E-state index is -0.191. The maximum absolute atomic E-state index is 10.7. The zero-order valence-electron chi connectivity index (χ0n) is 8.71. The van der Waals surface area contributed by atoms with Crippen molar-refractivity contribution in [2.24, 2.45) is 0 Å². The molecule has 0 heterocycles. The van der Waals surface area contributed by atoms with Crippen LogP contribution in [0.1, 0.15) is 46.0 Å². The molecule has 1 atom stereocenters. The van der Waals surface area contributed by atoms with Crippen LogP contribution in [-0.4, -0.2) is 12.1 Å². The number of hydrogen-bond donors (Lipinski definition) is 0. The van der Waals surface area contributed by atoms with Crippen LogP contribution in [0.4, 0.5) is 0 Å². The first kappa shape index (κ1) is 12.2. The third kappa shape index (κ3) is 7.57. The minimum Gasteiger partial charge on any atom is -0.462 e. The summed E-state index contributed by atoms with van der Waals surface area (Å²) in [6, 6.07) is 0. The molecule has 0 amide bonds. The van der Waals surface area contributed by atoms with Crippen molar-refractivity contribution in [1.29, 1.82) is 0 Å². The lowest BCUT2D eigenvalue weighted by Crippen LogP contribution is -2.15. The molecular formula is C11H20O2. The van der Waals surface area contributed by atoms with Gasteiger partial charge in [0.25, 0.3) is 0 Å². The Morgan fingerprint density at radius 3 is 2.69 bits per heavy atom. The average molecular weight is 184 g/mol. The third-order valence-corrected chi connectivity index (χ3v) is 1.89. The molecule has 0 radical (unpaired) electrons. The number of carbonyl (C=O) groups excluding carboxylic acids is 1. The topological polar surface area (TPSA) is 26.3 Å². The Kier molecular flexibility index (Phi) is 7.36. The number of rotatable bonds is 7. The highest BCUT2D eigenvalue weighted by Crippen LogP contribution is 2.10. The summed E-state index contributed by atoms with van der Waals surface area (Å²) in [5.41, 5.74) is 0. The summed E-state index contributed by atoms with van der Waals surface area (Å²) in [5.74, 6) is -0.191. The smallest absolute Gasteiger partial charge is 0.302 e. The predicted molar refractivity (Wildman–Crippen MR) is 54.5 cm³/mol. The fourth-order valence-electron chi connectivity index (χ4n) is 1.27. The lowest BCUT2D eigenvalue weighted by atomic mass is 10.1. The van der Waals surface area contributed by atoms with Gasteiger partial charge in [0.05, 0.1) is 0 Å². The molecule has 0 aromatic rings. The van der Waals surface area contributed by atoms with Crippen LogP contribution in [0, 0.1) is 0 Å². The molecule has 0 N–H and O–H groups in total. The van der Waals surface area contributed by atoms with Gasteiger partial charge < -0.3 is 4.74 Å². The Morgan fingerprint density at radius 2 is 2.23 bits per heavy atom. The van der Waals surface area contributed by atoms with E-state index < -0.39 is 0 Å². The van der Waals surface area contributed by atoms with Crippen molar-refractivity contribution >= 4 is 5.97 Å². The van der Waals surface area contributed by atoms with Crippen LogP contribution in [-0.2, 0) is 9.53 Å². The largest absolute Gasteiger partial charge is 0.462 e. The Hall–Kier alpha value is -0.790. The standard InChI is InChI=1S/C11H20O2/c1-4-6-7-9-11(8-5-2)13-10(3)12/h5,11H,2,4,6-9H2,1,3H3/t11-/m0/s1. The van der Waals surface area contributed by atoms with Gasteiger partial charge in [0.2, 0.25) is 0 Å². The number of ether oxygens (including phenoxy) is 1. The van der Waals surface area contributed by atoms with Crippen LogP contribution in [0.3, 0.4) is 0 Å². The quantitative estimate of drug-likeness (QED) is 0.345. The second kappa shape index (κ2) is 7.84. The first-order valence-corrected chi connectivity index (χ1v) is 4.98. The van der Waals surface area contributed by atoms with E-state index in [0.717, 1.165) is 19.3 Å². The summed E-state index contributed by atoms with van der Waals surface area (Å²) in [4.78, 5) is 10.7. The second-order valence-corrected chi connectivity index (χ2v) is 3.25. The van der Waals surface area contributed by atoms with E-state index in [4.69, 9.17) is 4.74 Å². The lowest BCUT2D eigenvalue weighted by molar-refractivity contribution is -0.146. The van der Waals surface area contributed by atoms with E-state index in [1.807, 2.05) is 0 Å². The van der Waals surface area contributed by atoms with E-state index in [9.17, 15) is 4.79 Å². The molecule has 0 unspecified atom stereocenters. The Morgan fingerprint density at radius 1 is 1.54 bits per heavy atom. The number of unbranched alkanes of at least 4 members (excludes halogenated alkanes) is 2. The summed E-state index contributed by atoms with van der Waals surface area (Å²) in [5, 5.41) is 0. The van der Waals surface area contributed by atoms with Gasteiger partial charge in [-0.3, -0.25) is 4.79 Å². The Bertz CT molecular complexity index is 152. The van der Waals surface area contributed by atoms with Crippen LogP contribution in [0.15, 0.2) is 12.7 Å². The van der Waals surface area contributed by atoms with Gasteiger partial charge >= 0.3 is 5.97 Å². The highest BCUT2D eigenvalue weighted by Gasteiger charge is 2.08. The van der Waals surface area contributed by atoms with Crippen LogP contribution in [0.5, 0.6) is 0 Å². The fourth-order valence-corrected chi connectivity index (χ4v) is 1.27. The van der Waals surface area contributed by atoms with Crippen LogP contribution >= 0.6 is 0 Å². The van der Waals surface area contributed by atoms with Gasteiger partial charge in [-0.05, 0) is 12.8 Å². The molecule has 0 bridgehead atoms. The summed E-state index contributed by atoms with van der Waals surface area (Å²) >= 11 is 0. The molecule has 2 heteroatoms. The van der Waals surface area contributed by atoms with Gasteiger partial charge in [-0.2, -0.15) is 0 Å². The molecule has 0 aromatic heterocycles. The van der Waals surface area contributed by atoms with Gasteiger partial charge in [0, 0.05) is 13.3 Å². The molecule has 0 fully saturated rings. The van der Waals surface area contributed by atoms with Crippen molar-refractivity contribution in [3.05, 3.63) is 12.7 Å². The highest BCUT2D eigenvalue weighted by atomic mass is 16.5. The molecule has 0 saturated carbocycles. The highest BCUT2D eigenvalue weighted by molar-refractivity contribution is 5.66. The summed E-state index contributed by atoms with van der Waals surface area (Å²) < 4.78 is 5.13. The SMILES string of the molecule is C=CC[C@@H](CCCCC)OC(C)=O. The van der Waals surface area contributed by atoms with Gasteiger partial charge in [0.1, 0.15) is 6.10 Å². The van der Waals surface area contributed by atoms with Crippen molar-refractivity contribution < 1.29 is 9.53 Å². The minimum absolute atomic E-state index is 0.0431. The molecule has 0 aliphatic rings. The number of hydrogen-bond acceptors (Lipinski definition) is 2. The van der Waals surface area contributed by atoms with E-state index in [1.165, 1.54) is 19.8 Å². The first-order chi connectivity index (χ1) is 6.20. The van der Waals surface area contributed by atoms with Crippen LogP contribution < -0.4 is 0 Å². The molecule has 0 aromatic carbocycles. The van der Waals surface area contributed by atoms with E-state index in [0.29, 0.717) is 0 Å². The molecule has 0 rings (SSSR count). The van der Waals surface area contributed by atoms with Crippen molar-refractivity contribution in [1.82, 2.24) is 0 Å². The van der Waals surface area contributed by atoms with Gasteiger partial charge in [-0.25, -0.2) is 0 Å². The van der Waals surface area contributed by atoms with E-state index >= 15 is 0 Å². The normalized spacial score (nSPS) is 12.2. The summed E-state index contributed by atoms with van der Waals surface area (Å²) in [7, 11) is 0. The summed E-state index contributed by atoms with van der Waals surface area (Å²) in [6.45, 7) is 7.26. The molecule has 0 saturated heterocycles. The zero-order chi connectivity index (χ0) is 10.1. The third-order valence-electron chi connectivity index (χ3n) is 1.89. The molecule has 76 valence electrons. The molecule has 0 aliphatic carbocycles. The number of esters is 1. The van der Waals surface area contributed by atoms with Crippen LogP contribution in [0.2, 0.25) is 0 Å². The predicted octanol–water partition coefficient (Wildman–Crippen LogP) is 3.07. The molecular weight excluding hydrogens is 164 g/mol. The molecule has 0 spiro atoms. The van der Waals surface area contributed by atoms with Gasteiger partial charge in [0.15, 0.2) is 0 Å². The monoisotopic (exact) mass is 184 g/mol. The number of carbonyl (C=O) groups is 1. The van der Waals surface area contributed by atoms with Crippen molar-refractivity contribution in [2.75, 3.05) is 0 Å². The Balaban J connectivity index is 3.65. The maximum Gasteiger partial charge on any atom is 0.302 e. The zero-order valence-corrected chi connectivity index (χ0v) is 8.71. The molecule has 2 nitrogen and oxygen atoms in total. The first-order valence-electron chi connectivity index (χ1n) is 4.98. The fraction of sp³-hybridized carbons (Fsp3) is 0.727. The second-order valence-electron chi connectivity index (χ2n) is 3.25. The maximum atomic E-state index is 10.7. The van der Waals surface area contributed by atoms with Crippen molar-refractivity contribution in [3.63, 3.8) is 0 Å². The van der Waals surface area contributed by atoms with Crippen molar-refractivity contribution in [2.45, 2.75) is 52.1 Å².